The predicted molar refractivity (Wildman–Crippen MR) is 90.6 cm³/mol. The van der Waals surface area contributed by atoms with Gasteiger partial charge in [0.1, 0.15) is 11.2 Å². The van der Waals surface area contributed by atoms with Gasteiger partial charge in [0.2, 0.25) is 5.43 Å². The fourth-order valence-electron chi connectivity index (χ4n) is 3.46. The predicted octanol–water partition coefficient (Wildman–Crippen LogP) is 1.35. The van der Waals surface area contributed by atoms with Crippen molar-refractivity contribution in [2.24, 2.45) is 11.7 Å². The van der Waals surface area contributed by atoms with Gasteiger partial charge in [-0.1, -0.05) is 0 Å². The first-order valence-corrected chi connectivity index (χ1v) is 8.43. The second kappa shape index (κ2) is 5.80. The van der Waals surface area contributed by atoms with Gasteiger partial charge < -0.3 is 20.3 Å². The number of hydrogen-bond donors (Lipinski definition) is 2. The molecule has 2 aromatic heterocycles. The minimum Gasteiger partial charge on any atom is -0.477 e. The fraction of sp³-hybridized carbons (Fsp3) is 0.471. The van der Waals surface area contributed by atoms with E-state index in [1.54, 1.807) is 4.57 Å². The second-order valence-corrected chi connectivity index (χ2v) is 6.82. The summed E-state index contributed by atoms with van der Waals surface area (Å²) in [5.74, 6) is -1.40. The SMILES string of the molecule is NC[C@@H]1CCN(c2nc3c(cc2F)c(=O)c(C(=O)O)cn3C2CC2)C1. The van der Waals surface area contributed by atoms with Crippen LogP contribution in [0.1, 0.15) is 35.7 Å². The summed E-state index contributed by atoms with van der Waals surface area (Å²) >= 11 is 0. The third kappa shape index (κ3) is 2.66. The topological polar surface area (TPSA) is 101 Å². The van der Waals surface area contributed by atoms with Crippen LogP contribution >= 0.6 is 0 Å². The number of anilines is 1. The largest absolute Gasteiger partial charge is 0.477 e. The molecule has 0 aromatic carbocycles. The molecule has 2 aromatic rings. The molecule has 0 amide bonds. The van der Waals surface area contributed by atoms with Crippen LogP contribution in [0.25, 0.3) is 11.0 Å². The lowest BCUT2D eigenvalue weighted by atomic mass is 10.1. The number of hydrogen-bond acceptors (Lipinski definition) is 5. The Kier molecular flexibility index (Phi) is 3.72. The maximum absolute atomic E-state index is 14.6. The zero-order chi connectivity index (χ0) is 17.7. The van der Waals surface area contributed by atoms with Crippen molar-refractivity contribution >= 4 is 22.8 Å². The van der Waals surface area contributed by atoms with Crippen LogP contribution in [0.5, 0.6) is 0 Å². The van der Waals surface area contributed by atoms with Gasteiger partial charge in [0.05, 0.1) is 5.39 Å². The van der Waals surface area contributed by atoms with E-state index in [-0.39, 0.29) is 22.8 Å². The molecular formula is C17H19FN4O3. The zero-order valence-corrected chi connectivity index (χ0v) is 13.6. The Morgan fingerprint density at radius 2 is 2.16 bits per heavy atom. The minimum absolute atomic E-state index is 0.0163. The van der Waals surface area contributed by atoms with E-state index in [1.165, 1.54) is 6.20 Å². The summed E-state index contributed by atoms with van der Waals surface area (Å²) in [6.07, 6.45) is 4.00. The number of rotatable bonds is 4. The van der Waals surface area contributed by atoms with E-state index in [4.69, 9.17) is 5.73 Å². The fourth-order valence-corrected chi connectivity index (χ4v) is 3.46. The van der Waals surface area contributed by atoms with E-state index >= 15 is 0 Å². The molecule has 1 saturated carbocycles. The van der Waals surface area contributed by atoms with Crippen LogP contribution in [0.3, 0.4) is 0 Å². The molecule has 1 aliphatic carbocycles. The number of pyridine rings is 2. The molecule has 8 heteroatoms. The molecule has 2 aliphatic rings. The quantitative estimate of drug-likeness (QED) is 0.867. The molecule has 0 unspecified atom stereocenters. The number of fused-ring (bicyclic) bond motifs is 1. The molecular weight excluding hydrogens is 327 g/mol. The number of carbonyl (C=O) groups is 1. The maximum Gasteiger partial charge on any atom is 0.341 e. The summed E-state index contributed by atoms with van der Waals surface area (Å²) in [6, 6.07) is 1.24. The summed E-state index contributed by atoms with van der Waals surface area (Å²) in [4.78, 5) is 30.0. The van der Waals surface area contributed by atoms with Crippen molar-refractivity contribution in [3.8, 4) is 0 Å². The first kappa shape index (κ1) is 16.0. The van der Waals surface area contributed by atoms with Gasteiger partial charge in [-0.05, 0) is 37.8 Å². The van der Waals surface area contributed by atoms with Gasteiger partial charge in [0.25, 0.3) is 0 Å². The lowest BCUT2D eigenvalue weighted by Crippen LogP contribution is -2.26. The molecule has 7 nitrogen and oxygen atoms in total. The number of carboxylic acids is 1. The lowest BCUT2D eigenvalue weighted by Gasteiger charge is -2.20. The van der Waals surface area contributed by atoms with Gasteiger partial charge in [-0.3, -0.25) is 4.79 Å². The van der Waals surface area contributed by atoms with Crippen LogP contribution < -0.4 is 16.1 Å². The van der Waals surface area contributed by atoms with Crippen LogP contribution in [0.2, 0.25) is 0 Å². The summed E-state index contributed by atoms with van der Waals surface area (Å²) in [5.41, 5.74) is 5.00. The normalized spacial score (nSPS) is 20.4. The minimum atomic E-state index is -1.31. The Labute approximate surface area is 142 Å². The van der Waals surface area contributed by atoms with Gasteiger partial charge in [0.15, 0.2) is 11.6 Å². The maximum atomic E-state index is 14.6. The zero-order valence-electron chi connectivity index (χ0n) is 13.6. The van der Waals surface area contributed by atoms with E-state index in [0.29, 0.717) is 31.2 Å². The summed E-state index contributed by atoms with van der Waals surface area (Å²) < 4.78 is 16.3. The number of carboxylic acid groups (broad SMARTS) is 1. The van der Waals surface area contributed by atoms with E-state index in [0.717, 1.165) is 25.3 Å². The summed E-state index contributed by atoms with van der Waals surface area (Å²) in [5, 5.41) is 9.27. The van der Waals surface area contributed by atoms with E-state index in [1.807, 2.05) is 4.90 Å². The smallest absolute Gasteiger partial charge is 0.341 e. The van der Waals surface area contributed by atoms with Crippen LogP contribution in [-0.4, -0.2) is 40.3 Å². The Bertz CT molecular complexity index is 922. The van der Waals surface area contributed by atoms with Crippen molar-refractivity contribution < 1.29 is 14.3 Å². The summed E-state index contributed by atoms with van der Waals surface area (Å²) in [7, 11) is 0. The average molecular weight is 346 g/mol. The third-order valence-corrected chi connectivity index (χ3v) is 5.03. The number of nitrogens with two attached hydrogens (primary N) is 1. The van der Waals surface area contributed by atoms with Gasteiger partial charge in [0, 0.05) is 25.3 Å². The van der Waals surface area contributed by atoms with Crippen molar-refractivity contribution in [2.75, 3.05) is 24.5 Å². The standard InChI is InChI=1S/C17H19FN4O3/c18-13-5-11-14(23)12(17(24)25)8-22(10-1-2-10)15(11)20-16(13)21-4-3-9(6-19)7-21/h5,8-10H,1-4,6-7,19H2,(H,24,25)/t9-/m0/s1. The highest BCUT2D eigenvalue weighted by Crippen LogP contribution is 2.37. The highest BCUT2D eigenvalue weighted by atomic mass is 19.1. The third-order valence-electron chi connectivity index (χ3n) is 5.03. The van der Waals surface area contributed by atoms with Crippen molar-refractivity contribution in [2.45, 2.75) is 25.3 Å². The second-order valence-electron chi connectivity index (χ2n) is 6.82. The number of aromatic nitrogens is 2. The molecule has 1 saturated heterocycles. The van der Waals surface area contributed by atoms with Gasteiger partial charge in [-0.2, -0.15) is 0 Å². The Morgan fingerprint density at radius 3 is 2.76 bits per heavy atom. The van der Waals surface area contributed by atoms with Crippen molar-refractivity contribution in [3.05, 3.63) is 33.9 Å². The molecule has 1 atom stereocenters. The van der Waals surface area contributed by atoms with E-state index < -0.39 is 17.2 Å². The lowest BCUT2D eigenvalue weighted by molar-refractivity contribution is 0.0695. The summed E-state index contributed by atoms with van der Waals surface area (Å²) in [6.45, 7) is 1.84. The first-order valence-electron chi connectivity index (χ1n) is 8.43. The van der Waals surface area contributed by atoms with Gasteiger partial charge in [-0.15, -0.1) is 0 Å². The highest BCUT2D eigenvalue weighted by Gasteiger charge is 2.30. The van der Waals surface area contributed by atoms with Crippen LogP contribution in [-0.2, 0) is 0 Å². The van der Waals surface area contributed by atoms with Gasteiger partial charge in [-0.25, -0.2) is 14.2 Å². The van der Waals surface area contributed by atoms with Crippen molar-refractivity contribution in [1.29, 1.82) is 0 Å². The van der Waals surface area contributed by atoms with Crippen LogP contribution in [0.15, 0.2) is 17.1 Å². The molecule has 0 bridgehead atoms. The molecule has 3 N–H and O–H groups in total. The molecule has 0 radical (unpaired) electrons. The van der Waals surface area contributed by atoms with Crippen molar-refractivity contribution in [3.63, 3.8) is 0 Å². The Balaban J connectivity index is 1.90. The Hall–Kier alpha value is -2.48. The molecule has 3 heterocycles. The molecule has 132 valence electrons. The van der Waals surface area contributed by atoms with Crippen LogP contribution in [0, 0.1) is 11.7 Å². The van der Waals surface area contributed by atoms with Crippen molar-refractivity contribution in [1.82, 2.24) is 9.55 Å². The highest BCUT2D eigenvalue weighted by molar-refractivity contribution is 5.92. The molecule has 25 heavy (non-hydrogen) atoms. The first-order chi connectivity index (χ1) is 12.0. The van der Waals surface area contributed by atoms with E-state index in [2.05, 4.69) is 4.98 Å². The molecule has 2 fully saturated rings. The number of aromatic carboxylic acids is 1. The Morgan fingerprint density at radius 1 is 1.40 bits per heavy atom. The van der Waals surface area contributed by atoms with Gasteiger partial charge >= 0.3 is 5.97 Å². The molecule has 0 spiro atoms. The molecule has 4 rings (SSSR count). The molecule has 1 aliphatic heterocycles. The average Bonchev–Trinajstić information content (AvgIpc) is 3.31. The number of nitrogens with zero attached hydrogens (tertiary/aromatic N) is 3. The monoisotopic (exact) mass is 346 g/mol. The van der Waals surface area contributed by atoms with E-state index in [9.17, 15) is 19.1 Å². The van der Waals surface area contributed by atoms with Crippen LogP contribution in [0.4, 0.5) is 10.2 Å². The number of halogens is 1.